The van der Waals surface area contributed by atoms with Crippen molar-refractivity contribution in [3.05, 3.63) is 47.8 Å². The SMILES string of the molecule is CC(C)Oc1ccc(-c2nc(-c3ccc(O)cc3F)no2)cc1C#N. The molecule has 3 rings (SSSR count). The maximum absolute atomic E-state index is 13.9. The van der Waals surface area contributed by atoms with E-state index in [9.17, 15) is 14.8 Å². The lowest BCUT2D eigenvalue weighted by atomic mass is 10.1. The molecule has 126 valence electrons. The molecule has 0 bridgehead atoms. The van der Waals surface area contributed by atoms with Crippen molar-refractivity contribution in [3.8, 4) is 40.4 Å². The van der Waals surface area contributed by atoms with Crippen LogP contribution in [0.4, 0.5) is 4.39 Å². The lowest BCUT2D eigenvalue weighted by molar-refractivity contribution is 0.241. The molecule has 0 aliphatic heterocycles. The smallest absolute Gasteiger partial charge is 0.258 e. The highest BCUT2D eigenvalue weighted by Gasteiger charge is 2.16. The third kappa shape index (κ3) is 3.43. The Hall–Kier alpha value is -3.40. The Morgan fingerprint density at radius 2 is 2.04 bits per heavy atom. The molecule has 0 saturated heterocycles. The minimum absolute atomic E-state index is 0.0496. The van der Waals surface area contributed by atoms with Crippen molar-refractivity contribution in [2.24, 2.45) is 0 Å². The zero-order valence-electron chi connectivity index (χ0n) is 13.5. The van der Waals surface area contributed by atoms with Gasteiger partial charge in [0.05, 0.1) is 17.2 Å². The molecule has 2 aromatic carbocycles. The van der Waals surface area contributed by atoms with Crippen LogP contribution in [-0.2, 0) is 0 Å². The third-order valence-electron chi connectivity index (χ3n) is 3.33. The van der Waals surface area contributed by atoms with E-state index in [0.717, 1.165) is 6.07 Å². The van der Waals surface area contributed by atoms with Gasteiger partial charge >= 0.3 is 0 Å². The van der Waals surface area contributed by atoms with Gasteiger partial charge in [-0.2, -0.15) is 10.2 Å². The van der Waals surface area contributed by atoms with Crippen molar-refractivity contribution in [2.75, 3.05) is 0 Å². The number of hydrogen-bond acceptors (Lipinski definition) is 6. The molecule has 0 amide bonds. The van der Waals surface area contributed by atoms with E-state index in [4.69, 9.17) is 9.26 Å². The molecule has 0 aliphatic rings. The molecule has 25 heavy (non-hydrogen) atoms. The molecule has 6 nitrogen and oxygen atoms in total. The normalized spacial score (nSPS) is 10.7. The molecule has 0 radical (unpaired) electrons. The standard InChI is InChI=1S/C18H14FN3O3/c1-10(2)24-16-6-3-11(7-12(16)9-20)18-21-17(22-25-18)14-5-4-13(23)8-15(14)19/h3-8,10,23H,1-2H3. The lowest BCUT2D eigenvalue weighted by Crippen LogP contribution is -2.06. The summed E-state index contributed by atoms with van der Waals surface area (Å²) in [5.41, 5.74) is 0.959. The number of ether oxygens (including phenoxy) is 1. The van der Waals surface area contributed by atoms with Gasteiger partial charge in [0.2, 0.25) is 5.82 Å². The zero-order chi connectivity index (χ0) is 18.0. The summed E-state index contributed by atoms with van der Waals surface area (Å²) in [6, 6.07) is 10.6. The first-order chi connectivity index (χ1) is 12.0. The minimum Gasteiger partial charge on any atom is -0.508 e. The molecule has 0 aliphatic carbocycles. The number of rotatable bonds is 4. The summed E-state index contributed by atoms with van der Waals surface area (Å²) in [5.74, 6) is -0.190. The van der Waals surface area contributed by atoms with Crippen LogP contribution in [-0.4, -0.2) is 21.4 Å². The zero-order valence-corrected chi connectivity index (χ0v) is 13.5. The van der Waals surface area contributed by atoms with Gasteiger partial charge in [0, 0.05) is 11.6 Å². The highest BCUT2D eigenvalue weighted by atomic mass is 19.1. The third-order valence-corrected chi connectivity index (χ3v) is 3.33. The van der Waals surface area contributed by atoms with E-state index in [0.29, 0.717) is 16.9 Å². The number of phenols is 1. The van der Waals surface area contributed by atoms with Crippen molar-refractivity contribution in [2.45, 2.75) is 20.0 Å². The molecule has 3 aromatic rings. The van der Waals surface area contributed by atoms with E-state index < -0.39 is 5.82 Å². The number of benzene rings is 2. The molecule has 1 heterocycles. The van der Waals surface area contributed by atoms with Crippen LogP contribution in [0, 0.1) is 17.1 Å². The van der Waals surface area contributed by atoms with Crippen molar-refractivity contribution >= 4 is 0 Å². The highest BCUT2D eigenvalue weighted by molar-refractivity contribution is 5.63. The minimum atomic E-state index is -0.661. The quantitative estimate of drug-likeness (QED) is 0.775. The van der Waals surface area contributed by atoms with Crippen LogP contribution in [0.15, 0.2) is 40.9 Å². The second kappa shape index (κ2) is 6.61. The summed E-state index contributed by atoms with van der Waals surface area (Å²) in [6.45, 7) is 3.73. The van der Waals surface area contributed by atoms with E-state index in [-0.39, 0.29) is 29.1 Å². The largest absolute Gasteiger partial charge is 0.508 e. The predicted molar refractivity (Wildman–Crippen MR) is 87.3 cm³/mol. The van der Waals surface area contributed by atoms with Gasteiger partial charge in [-0.05, 0) is 44.2 Å². The van der Waals surface area contributed by atoms with Gasteiger partial charge in [0.1, 0.15) is 23.4 Å². The summed E-state index contributed by atoms with van der Waals surface area (Å²) >= 11 is 0. The second-order valence-electron chi connectivity index (χ2n) is 5.58. The van der Waals surface area contributed by atoms with Crippen LogP contribution in [0.25, 0.3) is 22.8 Å². The summed E-state index contributed by atoms with van der Waals surface area (Å²) in [4.78, 5) is 4.16. The van der Waals surface area contributed by atoms with Crippen LogP contribution >= 0.6 is 0 Å². The van der Waals surface area contributed by atoms with Gasteiger partial charge in [-0.25, -0.2) is 4.39 Å². The molecule has 0 spiro atoms. The van der Waals surface area contributed by atoms with Crippen LogP contribution < -0.4 is 4.74 Å². The van der Waals surface area contributed by atoms with Crippen LogP contribution in [0.5, 0.6) is 11.5 Å². The number of hydrogen-bond donors (Lipinski definition) is 1. The first kappa shape index (κ1) is 16.5. The number of halogens is 1. The molecule has 0 fully saturated rings. The molecule has 1 aromatic heterocycles. The molecule has 7 heteroatoms. The molecule has 0 unspecified atom stereocenters. The van der Waals surface area contributed by atoms with Gasteiger partial charge < -0.3 is 14.4 Å². The summed E-state index contributed by atoms with van der Waals surface area (Å²) in [5, 5.41) is 22.3. The van der Waals surface area contributed by atoms with Crippen molar-refractivity contribution in [1.29, 1.82) is 5.26 Å². The van der Waals surface area contributed by atoms with Crippen molar-refractivity contribution < 1.29 is 18.8 Å². The van der Waals surface area contributed by atoms with Crippen LogP contribution in [0.1, 0.15) is 19.4 Å². The van der Waals surface area contributed by atoms with E-state index in [1.807, 2.05) is 13.8 Å². The number of nitrogens with zero attached hydrogens (tertiary/aromatic N) is 3. The lowest BCUT2D eigenvalue weighted by Gasteiger charge is -2.11. The molecule has 0 atom stereocenters. The summed E-state index contributed by atoms with van der Waals surface area (Å²) in [7, 11) is 0. The fourth-order valence-corrected chi connectivity index (χ4v) is 2.24. The van der Waals surface area contributed by atoms with E-state index >= 15 is 0 Å². The van der Waals surface area contributed by atoms with Crippen molar-refractivity contribution in [1.82, 2.24) is 10.1 Å². The van der Waals surface area contributed by atoms with Crippen LogP contribution in [0.2, 0.25) is 0 Å². The second-order valence-corrected chi connectivity index (χ2v) is 5.58. The number of phenolic OH excluding ortho intramolecular Hbond substituents is 1. The van der Waals surface area contributed by atoms with Gasteiger partial charge in [-0.15, -0.1) is 0 Å². The summed E-state index contributed by atoms with van der Waals surface area (Å²) in [6.07, 6.45) is -0.0644. The van der Waals surface area contributed by atoms with Gasteiger partial charge in [-0.3, -0.25) is 0 Å². The average molecular weight is 339 g/mol. The Kier molecular flexibility index (Phi) is 4.35. The maximum atomic E-state index is 13.9. The van der Waals surface area contributed by atoms with Gasteiger partial charge in [-0.1, -0.05) is 5.16 Å². The molecular formula is C18H14FN3O3. The van der Waals surface area contributed by atoms with E-state index in [1.165, 1.54) is 12.1 Å². The number of nitriles is 1. The fraction of sp³-hybridized carbons (Fsp3) is 0.167. The Morgan fingerprint density at radius 1 is 1.24 bits per heavy atom. The number of aromatic hydroxyl groups is 1. The van der Waals surface area contributed by atoms with E-state index in [2.05, 4.69) is 16.2 Å². The van der Waals surface area contributed by atoms with E-state index in [1.54, 1.807) is 18.2 Å². The fourth-order valence-electron chi connectivity index (χ4n) is 2.24. The van der Waals surface area contributed by atoms with Gasteiger partial charge in [0.25, 0.3) is 5.89 Å². The summed E-state index contributed by atoms with van der Waals surface area (Å²) < 4.78 is 24.6. The predicted octanol–water partition coefficient (Wildman–Crippen LogP) is 3.91. The molecule has 0 saturated carbocycles. The number of aromatic nitrogens is 2. The van der Waals surface area contributed by atoms with Gasteiger partial charge in [0.15, 0.2) is 0 Å². The molecular weight excluding hydrogens is 325 g/mol. The molecule has 1 N–H and O–H groups in total. The Bertz CT molecular complexity index is 960. The monoisotopic (exact) mass is 339 g/mol. The average Bonchev–Trinajstić information content (AvgIpc) is 3.04. The highest BCUT2D eigenvalue weighted by Crippen LogP contribution is 2.29. The first-order valence-electron chi connectivity index (χ1n) is 7.51. The Morgan fingerprint density at radius 3 is 2.72 bits per heavy atom. The Labute approximate surface area is 143 Å². The maximum Gasteiger partial charge on any atom is 0.258 e. The Balaban J connectivity index is 1.96. The topological polar surface area (TPSA) is 92.2 Å². The van der Waals surface area contributed by atoms with Crippen LogP contribution in [0.3, 0.4) is 0 Å². The van der Waals surface area contributed by atoms with Crippen molar-refractivity contribution in [3.63, 3.8) is 0 Å². The first-order valence-corrected chi connectivity index (χ1v) is 7.51.